The molecular weight excluding hydrogens is 208 g/mol. The van der Waals surface area contributed by atoms with E-state index in [0.717, 1.165) is 13.0 Å². The van der Waals surface area contributed by atoms with E-state index in [9.17, 15) is 0 Å². The minimum atomic E-state index is 0.492. The number of likely N-dealkylation sites (N-methyl/N-ethyl adjacent to an activating group) is 1. The Hall–Kier alpha value is -1.15. The van der Waals surface area contributed by atoms with Crippen molar-refractivity contribution in [2.45, 2.75) is 44.6 Å². The summed E-state index contributed by atoms with van der Waals surface area (Å²) in [4.78, 5) is 4.61. The summed E-state index contributed by atoms with van der Waals surface area (Å²) in [6.45, 7) is 7.05. The molecule has 2 unspecified atom stereocenters. The molecular formula is C15H22N2. The molecule has 2 nitrogen and oxygen atoms in total. The summed E-state index contributed by atoms with van der Waals surface area (Å²) < 4.78 is 0. The first-order chi connectivity index (χ1) is 8.36. The first-order valence-corrected chi connectivity index (χ1v) is 6.65. The summed E-state index contributed by atoms with van der Waals surface area (Å²) in [5.74, 6) is 0.554. The Morgan fingerprint density at radius 1 is 1.65 bits per heavy atom. The minimum Gasteiger partial charge on any atom is -0.313 e. The van der Waals surface area contributed by atoms with E-state index in [1.165, 1.54) is 30.5 Å². The van der Waals surface area contributed by atoms with Gasteiger partial charge < -0.3 is 5.32 Å². The lowest BCUT2D eigenvalue weighted by Crippen LogP contribution is -2.36. The fourth-order valence-corrected chi connectivity index (χ4v) is 2.87. The number of aryl methyl sites for hydroxylation is 1. The van der Waals surface area contributed by atoms with Crippen LogP contribution in [-0.2, 0) is 6.42 Å². The minimum absolute atomic E-state index is 0.492. The van der Waals surface area contributed by atoms with Crippen molar-refractivity contribution >= 4 is 0 Å². The third kappa shape index (κ3) is 2.75. The van der Waals surface area contributed by atoms with E-state index in [1.807, 2.05) is 12.3 Å². The highest BCUT2D eigenvalue weighted by molar-refractivity contribution is 5.27. The second-order valence-corrected chi connectivity index (χ2v) is 4.74. The Balaban J connectivity index is 2.23. The van der Waals surface area contributed by atoms with Crippen molar-refractivity contribution in [1.29, 1.82) is 0 Å². The van der Waals surface area contributed by atoms with Crippen molar-refractivity contribution in [3.05, 3.63) is 42.2 Å². The van der Waals surface area contributed by atoms with Crippen LogP contribution in [0.25, 0.3) is 0 Å². The zero-order valence-corrected chi connectivity index (χ0v) is 10.7. The molecule has 1 heterocycles. The number of hydrogen-bond acceptors (Lipinski definition) is 2. The number of nitrogens with zero attached hydrogens (tertiary/aromatic N) is 1. The van der Waals surface area contributed by atoms with Gasteiger partial charge in [0.15, 0.2) is 0 Å². The molecule has 0 fully saturated rings. The number of fused-ring (bicyclic) bond motifs is 1. The Bertz CT molecular complexity index is 373. The predicted molar refractivity (Wildman–Crippen MR) is 72.2 cm³/mol. The van der Waals surface area contributed by atoms with Crippen LogP contribution in [0.3, 0.4) is 0 Å². The average molecular weight is 230 g/mol. The highest BCUT2D eigenvalue weighted by atomic mass is 14.9. The maximum Gasteiger partial charge on any atom is 0.0482 e. The Morgan fingerprint density at radius 3 is 3.29 bits per heavy atom. The molecule has 1 aliphatic rings. The molecule has 0 aliphatic heterocycles. The van der Waals surface area contributed by atoms with Gasteiger partial charge >= 0.3 is 0 Å². The fraction of sp³-hybridized carbons (Fsp3) is 0.533. The van der Waals surface area contributed by atoms with Crippen LogP contribution in [0.4, 0.5) is 0 Å². The summed E-state index contributed by atoms with van der Waals surface area (Å²) in [7, 11) is 0. The first kappa shape index (κ1) is 12.3. The number of aromatic nitrogens is 1. The van der Waals surface area contributed by atoms with E-state index in [4.69, 9.17) is 0 Å². The molecule has 1 aromatic heterocycles. The summed E-state index contributed by atoms with van der Waals surface area (Å²) in [6.07, 6.45) is 8.68. The van der Waals surface area contributed by atoms with Crippen LogP contribution in [0, 0.1) is 0 Å². The van der Waals surface area contributed by atoms with Gasteiger partial charge in [-0.1, -0.05) is 19.1 Å². The van der Waals surface area contributed by atoms with E-state index in [-0.39, 0.29) is 0 Å². The average Bonchev–Trinajstić information content (AvgIpc) is 2.38. The third-order valence-corrected chi connectivity index (χ3v) is 3.61. The standard InChI is InChI=1S/C15H22N2/c1-3-7-14(16-4-2)13-10-5-8-12-9-6-11-17-15(12)13/h3,6,9,11,13-14,16H,1,4-5,7-8,10H2,2H3. The summed E-state index contributed by atoms with van der Waals surface area (Å²) in [6, 6.07) is 4.77. The topological polar surface area (TPSA) is 24.9 Å². The second kappa shape index (κ2) is 5.97. The third-order valence-electron chi connectivity index (χ3n) is 3.61. The van der Waals surface area contributed by atoms with Gasteiger partial charge in [0.2, 0.25) is 0 Å². The molecule has 2 atom stereocenters. The van der Waals surface area contributed by atoms with E-state index in [2.05, 4.69) is 35.9 Å². The van der Waals surface area contributed by atoms with Crippen LogP contribution in [0.2, 0.25) is 0 Å². The first-order valence-electron chi connectivity index (χ1n) is 6.65. The molecule has 92 valence electrons. The highest BCUT2D eigenvalue weighted by Gasteiger charge is 2.27. The molecule has 0 spiro atoms. The molecule has 0 saturated heterocycles. The van der Waals surface area contributed by atoms with Gasteiger partial charge in [-0.3, -0.25) is 4.98 Å². The van der Waals surface area contributed by atoms with Crippen LogP contribution in [0.1, 0.15) is 43.4 Å². The predicted octanol–water partition coefficient (Wildman–Crippen LogP) is 3.06. The molecule has 0 aromatic carbocycles. The van der Waals surface area contributed by atoms with Gasteiger partial charge in [-0.25, -0.2) is 0 Å². The second-order valence-electron chi connectivity index (χ2n) is 4.74. The molecule has 1 N–H and O–H groups in total. The van der Waals surface area contributed by atoms with Crippen LogP contribution in [0.15, 0.2) is 31.0 Å². The SMILES string of the molecule is C=CCC(NCC)C1CCCc2cccnc21. The van der Waals surface area contributed by atoms with Gasteiger partial charge in [0.05, 0.1) is 0 Å². The van der Waals surface area contributed by atoms with Gasteiger partial charge in [-0.2, -0.15) is 0 Å². The molecule has 0 saturated carbocycles. The zero-order valence-electron chi connectivity index (χ0n) is 10.7. The number of pyridine rings is 1. The molecule has 2 rings (SSSR count). The maximum atomic E-state index is 4.61. The van der Waals surface area contributed by atoms with Crippen molar-refractivity contribution in [2.24, 2.45) is 0 Å². The molecule has 1 aliphatic carbocycles. The molecule has 0 radical (unpaired) electrons. The van der Waals surface area contributed by atoms with Crippen LogP contribution in [0.5, 0.6) is 0 Å². The van der Waals surface area contributed by atoms with Crippen molar-refractivity contribution in [1.82, 2.24) is 10.3 Å². The Labute approximate surface area is 104 Å². The van der Waals surface area contributed by atoms with Crippen LogP contribution in [-0.4, -0.2) is 17.6 Å². The molecule has 2 heteroatoms. The van der Waals surface area contributed by atoms with Crippen LogP contribution >= 0.6 is 0 Å². The van der Waals surface area contributed by atoms with E-state index < -0.39 is 0 Å². The molecule has 17 heavy (non-hydrogen) atoms. The van der Waals surface area contributed by atoms with E-state index in [0.29, 0.717) is 12.0 Å². The Kier molecular flexibility index (Phi) is 4.32. The zero-order chi connectivity index (χ0) is 12.1. The largest absolute Gasteiger partial charge is 0.313 e. The number of hydrogen-bond donors (Lipinski definition) is 1. The van der Waals surface area contributed by atoms with E-state index >= 15 is 0 Å². The lowest BCUT2D eigenvalue weighted by Gasteiger charge is -2.31. The van der Waals surface area contributed by atoms with Crippen LogP contribution < -0.4 is 5.32 Å². The molecule has 0 amide bonds. The lowest BCUT2D eigenvalue weighted by atomic mass is 9.81. The summed E-state index contributed by atoms with van der Waals surface area (Å²) >= 11 is 0. The van der Waals surface area contributed by atoms with Crippen molar-refractivity contribution < 1.29 is 0 Å². The number of rotatable bonds is 5. The van der Waals surface area contributed by atoms with E-state index in [1.54, 1.807) is 0 Å². The van der Waals surface area contributed by atoms with Gasteiger partial charge in [0, 0.05) is 23.9 Å². The van der Waals surface area contributed by atoms with Crippen molar-refractivity contribution in [3.63, 3.8) is 0 Å². The smallest absolute Gasteiger partial charge is 0.0482 e. The highest BCUT2D eigenvalue weighted by Crippen LogP contribution is 2.33. The van der Waals surface area contributed by atoms with Gasteiger partial charge in [0.1, 0.15) is 0 Å². The normalized spacial score (nSPS) is 20.6. The number of nitrogens with one attached hydrogen (secondary N) is 1. The van der Waals surface area contributed by atoms with Gasteiger partial charge in [-0.05, 0) is 43.9 Å². The quantitative estimate of drug-likeness (QED) is 0.786. The molecule has 1 aromatic rings. The Morgan fingerprint density at radius 2 is 2.53 bits per heavy atom. The summed E-state index contributed by atoms with van der Waals surface area (Å²) in [5, 5.41) is 3.58. The maximum absolute atomic E-state index is 4.61. The monoisotopic (exact) mass is 230 g/mol. The van der Waals surface area contributed by atoms with Gasteiger partial charge in [0.25, 0.3) is 0 Å². The van der Waals surface area contributed by atoms with Crippen molar-refractivity contribution in [2.75, 3.05) is 6.54 Å². The molecule has 0 bridgehead atoms. The fourth-order valence-electron chi connectivity index (χ4n) is 2.87. The summed E-state index contributed by atoms with van der Waals surface area (Å²) in [5.41, 5.74) is 2.75. The van der Waals surface area contributed by atoms with Crippen molar-refractivity contribution in [3.8, 4) is 0 Å². The van der Waals surface area contributed by atoms with Gasteiger partial charge in [-0.15, -0.1) is 6.58 Å². The lowest BCUT2D eigenvalue weighted by molar-refractivity contribution is 0.393.